The molecule has 2 aromatic rings. The summed E-state index contributed by atoms with van der Waals surface area (Å²) >= 11 is 6.45. The second kappa shape index (κ2) is 7.09. The number of thioether (sulfide) groups is 1. The zero-order chi connectivity index (χ0) is 18.0. The molecule has 1 aliphatic rings. The summed E-state index contributed by atoms with van der Waals surface area (Å²) in [4.78, 5) is 0. The van der Waals surface area contributed by atoms with E-state index in [0.29, 0.717) is 15.8 Å². The van der Waals surface area contributed by atoms with Gasteiger partial charge in [0.05, 0.1) is 17.9 Å². The van der Waals surface area contributed by atoms with Crippen LogP contribution in [0, 0.1) is 0 Å². The molecule has 1 heterocycles. The standard InChI is InChI=1S/C18H14F3NOS2/c1-23-12-8-6-11(7-9-12)15-10-16(25-17(24)22-15)13-4-2-3-5-14(13)18(19,20)21/h2-10,16H,1H3,(H,22,24). The highest BCUT2D eigenvalue weighted by Gasteiger charge is 2.35. The lowest BCUT2D eigenvalue weighted by Gasteiger charge is -2.25. The first-order valence-electron chi connectivity index (χ1n) is 7.38. The van der Waals surface area contributed by atoms with E-state index < -0.39 is 17.0 Å². The zero-order valence-corrected chi connectivity index (χ0v) is 14.8. The molecule has 0 radical (unpaired) electrons. The third kappa shape index (κ3) is 3.99. The van der Waals surface area contributed by atoms with Crippen LogP contribution in [0.15, 0.2) is 54.6 Å². The van der Waals surface area contributed by atoms with Gasteiger partial charge in [0.15, 0.2) is 0 Å². The van der Waals surface area contributed by atoms with Crippen LogP contribution in [0.5, 0.6) is 5.75 Å². The fraction of sp³-hybridized carbons (Fsp3) is 0.167. The minimum atomic E-state index is -4.40. The van der Waals surface area contributed by atoms with Crippen molar-refractivity contribution in [3.63, 3.8) is 0 Å². The van der Waals surface area contributed by atoms with Crippen molar-refractivity contribution < 1.29 is 17.9 Å². The van der Waals surface area contributed by atoms with Crippen molar-refractivity contribution in [2.75, 3.05) is 7.11 Å². The van der Waals surface area contributed by atoms with Crippen LogP contribution in [-0.2, 0) is 6.18 Å². The number of benzene rings is 2. The molecule has 1 N–H and O–H groups in total. The summed E-state index contributed by atoms with van der Waals surface area (Å²) < 4.78 is 45.5. The molecule has 0 amide bonds. The molecule has 0 saturated carbocycles. The van der Waals surface area contributed by atoms with Gasteiger partial charge in [-0.2, -0.15) is 13.2 Å². The van der Waals surface area contributed by atoms with Gasteiger partial charge < -0.3 is 10.1 Å². The van der Waals surface area contributed by atoms with Gasteiger partial charge in [0.25, 0.3) is 0 Å². The predicted octanol–water partition coefficient (Wildman–Crippen LogP) is 5.42. The Morgan fingerprint density at radius 3 is 2.40 bits per heavy atom. The van der Waals surface area contributed by atoms with Crippen LogP contribution in [0.4, 0.5) is 13.2 Å². The predicted molar refractivity (Wildman–Crippen MR) is 98.5 cm³/mol. The molecule has 0 spiro atoms. The summed E-state index contributed by atoms with van der Waals surface area (Å²) in [6.45, 7) is 0. The van der Waals surface area contributed by atoms with Crippen molar-refractivity contribution in [1.82, 2.24) is 5.32 Å². The van der Waals surface area contributed by atoms with Crippen LogP contribution >= 0.6 is 24.0 Å². The average Bonchev–Trinajstić information content (AvgIpc) is 2.60. The topological polar surface area (TPSA) is 21.3 Å². The molecular weight excluding hydrogens is 367 g/mol. The second-order valence-electron chi connectivity index (χ2n) is 5.34. The molecule has 2 nitrogen and oxygen atoms in total. The summed E-state index contributed by atoms with van der Waals surface area (Å²) in [6.07, 6.45) is -2.63. The molecule has 2 aromatic carbocycles. The highest BCUT2D eigenvalue weighted by Crippen LogP contribution is 2.43. The molecule has 0 fully saturated rings. The van der Waals surface area contributed by atoms with Crippen LogP contribution < -0.4 is 10.1 Å². The second-order valence-corrected chi connectivity index (χ2v) is 7.16. The molecule has 0 saturated heterocycles. The first-order valence-corrected chi connectivity index (χ1v) is 8.67. The monoisotopic (exact) mass is 381 g/mol. The fourth-order valence-electron chi connectivity index (χ4n) is 2.58. The molecule has 1 atom stereocenters. The first-order chi connectivity index (χ1) is 11.9. The van der Waals surface area contributed by atoms with Crippen LogP contribution in [0.25, 0.3) is 5.70 Å². The maximum atomic E-state index is 13.3. The van der Waals surface area contributed by atoms with Gasteiger partial charge in [-0.1, -0.05) is 42.2 Å². The first kappa shape index (κ1) is 17.8. The van der Waals surface area contributed by atoms with Gasteiger partial charge in [0.1, 0.15) is 10.1 Å². The molecule has 3 rings (SSSR count). The Labute approximate surface area is 153 Å². The third-order valence-corrected chi connectivity index (χ3v) is 5.11. The van der Waals surface area contributed by atoms with Gasteiger partial charge >= 0.3 is 6.18 Å². The Bertz CT molecular complexity index is 816. The van der Waals surface area contributed by atoms with E-state index in [1.54, 1.807) is 31.4 Å². The quantitative estimate of drug-likeness (QED) is 0.717. The number of halogens is 3. The molecule has 1 unspecified atom stereocenters. The van der Waals surface area contributed by atoms with Crippen LogP contribution in [0.3, 0.4) is 0 Å². The number of rotatable bonds is 3. The molecular formula is C18H14F3NOS2. The molecule has 7 heteroatoms. The van der Waals surface area contributed by atoms with Crippen molar-refractivity contribution in [3.8, 4) is 5.75 Å². The Kier molecular flexibility index (Phi) is 5.06. The lowest BCUT2D eigenvalue weighted by molar-refractivity contribution is -0.138. The van der Waals surface area contributed by atoms with E-state index in [2.05, 4.69) is 5.32 Å². The minimum absolute atomic E-state index is 0.204. The van der Waals surface area contributed by atoms with Crippen LogP contribution in [0.1, 0.15) is 21.9 Å². The number of thiocarbonyl (C=S) groups is 1. The number of ether oxygens (including phenoxy) is 1. The van der Waals surface area contributed by atoms with Gasteiger partial charge in [-0.3, -0.25) is 0 Å². The molecule has 130 valence electrons. The minimum Gasteiger partial charge on any atom is -0.497 e. The number of nitrogens with one attached hydrogen (secondary N) is 1. The van der Waals surface area contributed by atoms with E-state index >= 15 is 0 Å². The normalized spacial score (nSPS) is 17.7. The molecule has 25 heavy (non-hydrogen) atoms. The summed E-state index contributed by atoms with van der Waals surface area (Å²) in [5.74, 6) is 0.705. The largest absolute Gasteiger partial charge is 0.497 e. The molecule has 1 aliphatic heterocycles. The Morgan fingerprint density at radius 1 is 1.08 bits per heavy atom. The molecule has 0 bridgehead atoms. The van der Waals surface area contributed by atoms with Gasteiger partial charge in [-0.25, -0.2) is 0 Å². The third-order valence-electron chi connectivity index (χ3n) is 3.76. The van der Waals surface area contributed by atoms with E-state index in [0.717, 1.165) is 11.6 Å². The SMILES string of the molecule is COc1ccc(C2=CC(c3ccccc3C(F)(F)F)SC(=S)N2)cc1. The zero-order valence-electron chi connectivity index (χ0n) is 13.1. The lowest BCUT2D eigenvalue weighted by atomic mass is 10.0. The van der Waals surface area contributed by atoms with Crippen LogP contribution in [0.2, 0.25) is 0 Å². The highest BCUT2D eigenvalue weighted by molar-refractivity contribution is 8.23. The number of methoxy groups -OCH3 is 1. The number of alkyl halides is 3. The van der Waals surface area contributed by atoms with Crippen LogP contribution in [-0.4, -0.2) is 11.4 Å². The Balaban J connectivity index is 2.01. The summed E-state index contributed by atoms with van der Waals surface area (Å²) in [7, 11) is 1.57. The summed E-state index contributed by atoms with van der Waals surface area (Å²) in [5.41, 5.74) is 1.09. The maximum Gasteiger partial charge on any atom is 0.416 e. The van der Waals surface area contributed by atoms with Crippen molar-refractivity contribution in [2.45, 2.75) is 11.4 Å². The van der Waals surface area contributed by atoms with Crippen molar-refractivity contribution >= 4 is 34.0 Å². The van der Waals surface area contributed by atoms with Gasteiger partial charge in [-0.15, -0.1) is 0 Å². The Hall–Kier alpha value is -1.99. The average molecular weight is 381 g/mol. The van der Waals surface area contributed by atoms with Gasteiger partial charge in [-0.05, 0) is 47.5 Å². The van der Waals surface area contributed by atoms with Crippen molar-refractivity contribution in [3.05, 3.63) is 71.3 Å². The van der Waals surface area contributed by atoms with E-state index in [-0.39, 0.29) is 5.56 Å². The van der Waals surface area contributed by atoms with E-state index in [1.165, 1.54) is 23.9 Å². The van der Waals surface area contributed by atoms with Crippen molar-refractivity contribution in [1.29, 1.82) is 0 Å². The smallest absolute Gasteiger partial charge is 0.416 e. The van der Waals surface area contributed by atoms with E-state index in [9.17, 15) is 13.2 Å². The highest BCUT2D eigenvalue weighted by atomic mass is 32.2. The molecule has 0 aliphatic carbocycles. The van der Waals surface area contributed by atoms with Gasteiger partial charge in [0, 0.05) is 5.70 Å². The maximum absolute atomic E-state index is 13.3. The molecule has 0 aromatic heterocycles. The summed E-state index contributed by atoms with van der Waals surface area (Å²) in [5, 5.41) is 2.55. The fourth-order valence-corrected chi connectivity index (χ4v) is 3.93. The van der Waals surface area contributed by atoms with E-state index in [1.807, 2.05) is 12.1 Å². The lowest BCUT2D eigenvalue weighted by Crippen LogP contribution is -2.23. The van der Waals surface area contributed by atoms with Gasteiger partial charge in [0.2, 0.25) is 0 Å². The van der Waals surface area contributed by atoms with Crippen molar-refractivity contribution in [2.24, 2.45) is 0 Å². The Morgan fingerprint density at radius 2 is 1.76 bits per heavy atom. The summed E-state index contributed by atoms with van der Waals surface area (Å²) in [6, 6.07) is 12.9. The number of hydrogen-bond donors (Lipinski definition) is 1. The van der Waals surface area contributed by atoms with E-state index in [4.69, 9.17) is 17.0 Å². The number of hydrogen-bond acceptors (Lipinski definition) is 3.